The first-order valence-electron chi connectivity index (χ1n) is 12.0. The van der Waals surface area contributed by atoms with Gasteiger partial charge in [-0.1, -0.05) is 36.8 Å². The van der Waals surface area contributed by atoms with Gasteiger partial charge >= 0.3 is 11.9 Å². The number of hydrogen-bond donors (Lipinski definition) is 1. The molecule has 1 aliphatic rings. The van der Waals surface area contributed by atoms with E-state index in [1.54, 1.807) is 31.2 Å². The van der Waals surface area contributed by atoms with Crippen LogP contribution in [0, 0.1) is 17.0 Å². The van der Waals surface area contributed by atoms with Crippen LogP contribution < -0.4 is 9.64 Å². The number of aliphatic hydroxyl groups excluding tert-OH is 1. The van der Waals surface area contributed by atoms with Crippen molar-refractivity contribution in [1.29, 1.82) is 0 Å². The van der Waals surface area contributed by atoms with E-state index in [1.165, 1.54) is 31.4 Å². The molecular weight excluding hydrogens is 526 g/mol. The molecule has 1 saturated heterocycles. The van der Waals surface area contributed by atoms with Gasteiger partial charge in [0.25, 0.3) is 11.5 Å². The fourth-order valence-electron chi connectivity index (χ4n) is 4.12. The lowest BCUT2D eigenvalue weighted by Crippen LogP contribution is -2.29. The van der Waals surface area contributed by atoms with Crippen LogP contribution >= 0.6 is 11.3 Å². The van der Waals surface area contributed by atoms with E-state index in [2.05, 4.69) is 4.98 Å². The molecule has 0 aliphatic carbocycles. The maximum absolute atomic E-state index is 13.3. The van der Waals surface area contributed by atoms with Crippen molar-refractivity contribution in [3.63, 3.8) is 0 Å². The number of nitrogens with zero attached hydrogens (tertiary/aromatic N) is 3. The molecule has 2 heterocycles. The first-order chi connectivity index (χ1) is 18.7. The van der Waals surface area contributed by atoms with Crippen molar-refractivity contribution in [1.82, 2.24) is 4.98 Å². The Hall–Kier alpha value is -4.58. The summed E-state index contributed by atoms with van der Waals surface area (Å²) in [6.45, 7) is 4.12. The van der Waals surface area contributed by atoms with Gasteiger partial charge in [0.15, 0.2) is 5.13 Å². The number of amides is 1. The van der Waals surface area contributed by atoms with E-state index in [1.807, 2.05) is 6.92 Å². The number of aryl methyl sites for hydroxylation is 1. The average Bonchev–Trinajstić information content (AvgIpc) is 3.44. The van der Waals surface area contributed by atoms with Crippen molar-refractivity contribution in [2.45, 2.75) is 32.7 Å². The molecule has 1 aliphatic heterocycles. The number of ketones is 1. The van der Waals surface area contributed by atoms with E-state index < -0.39 is 34.4 Å². The Labute approximate surface area is 227 Å². The van der Waals surface area contributed by atoms with E-state index >= 15 is 0 Å². The summed E-state index contributed by atoms with van der Waals surface area (Å²) in [6.07, 6.45) is 1.85. The number of thiazole rings is 1. The third-order valence-corrected chi connectivity index (χ3v) is 7.23. The highest BCUT2D eigenvalue weighted by Gasteiger charge is 2.48. The van der Waals surface area contributed by atoms with Crippen molar-refractivity contribution in [3.8, 4) is 5.75 Å². The fourth-order valence-corrected chi connectivity index (χ4v) is 5.13. The van der Waals surface area contributed by atoms with E-state index in [0.29, 0.717) is 12.4 Å². The molecule has 1 fully saturated rings. The van der Waals surface area contributed by atoms with Crippen molar-refractivity contribution in [3.05, 3.63) is 85.9 Å². The zero-order chi connectivity index (χ0) is 28.3. The molecular formula is C27H25N3O8S. The first-order valence-corrected chi connectivity index (χ1v) is 12.8. The summed E-state index contributed by atoms with van der Waals surface area (Å²) >= 11 is 0.838. The molecule has 12 heteroatoms. The molecule has 0 saturated carbocycles. The summed E-state index contributed by atoms with van der Waals surface area (Å²) in [6, 6.07) is 10.6. The van der Waals surface area contributed by atoms with Gasteiger partial charge in [0.1, 0.15) is 16.4 Å². The summed E-state index contributed by atoms with van der Waals surface area (Å²) < 4.78 is 10.4. The van der Waals surface area contributed by atoms with Crippen LogP contribution in [0.1, 0.15) is 52.3 Å². The number of non-ortho nitro benzene ring substituents is 1. The zero-order valence-corrected chi connectivity index (χ0v) is 22.2. The van der Waals surface area contributed by atoms with Gasteiger partial charge in [0.05, 0.1) is 35.9 Å². The van der Waals surface area contributed by atoms with Crippen LogP contribution in [0.25, 0.3) is 5.76 Å². The van der Waals surface area contributed by atoms with Crippen LogP contribution in [-0.2, 0) is 14.3 Å². The molecule has 0 radical (unpaired) electrons. The highest BCUT2D eigenvalue weighted by Crippen LogP contribution is 2.44. The van der Waals surface area contributed by atoms with Gasteiger partial charge in [0, 0.05) is 17.7 Å². The number of carbonyl (C=O) groups excluding carboxylic acids is 3. The number of benzene rings is 2. The predicted molar refractivity (Wildman–Crippen MR) is 143 cm³/mol. The molecule has 1 atom stereocenters. The first kappa shape index (κ1) is 27.5. The quantitative estimate of drug-likeness (QED) is 0.0741. The van der Waals surface area contributed by atoms with Crippen LogP contribution in [0.2, 0.25) is 0 Å². The number of aromatic nitrogens is 1. The van der Waals surface area contributed by atoms with Crippen LogP contribution in [0.3, 0.4) is 0 Å². The van der Waals surface area contributed by atoms with E-state index in [-0.39, 0.29) is 38.1 Å². The molecule has 1 amide bonds. The van der Waals surface area contributed by atoms with E-state index in [4.69, 9.17) is 9.47 Å². The number of methoxy groups -OCH3 is 1. The molecule has 4 rings (SSSR count). The minimum Gasteiger partial charge on any atom is -0.507 e. The summed E-state index contributed by atoms with van der Waals surface area (Å²) in [7, 11) is 1.20. The highest BCUT2D eigenvalue weighted by atomic mass is 32.1. The normalized spacial score (nSPS) is 16.4. The number of esters is 1. The SMILES string of the molecule is CCCCOc1ccc(C(O)=C2C(=O)C(=O)N(c3nc(C)c(C(=O)OC)s3)[C@H]2c2cccc([N+](=O)[O-])c2)cc1. The number of aliphatic hydroxyl groups is 1. The molecule has 2 aromatic carbocycles. The molecule has 11 nitrogen and oxygen atoms in total. The minimum absolute atomic E-state index is 0.00484. The Kier molecular flexibility index (Phi) is 8.05. The number of rotatable bonds is 9. The second-order valence-corrected chi connectivity index (χ2v) is 9.63. The highest BCUT2D eigenvalue weighted by molar-refractivity contribution is 7.17. The smallest absolute Gasteiger partial charge is 0.350 e. The lowest BCUT2D eigenvalue weighted by molar-refractivity contribution is -0.384. The molecule has 1 N–H and O–H groups in total. The molecule has 0 spiro atoms. The number of hydrogen-bond acceptors (Lipinski definition) is 10. The van der Waals surface area contributed by atoms with E-state index in [9.17, 15) is 29.6 Å². The standard InChI is InChI=1S/C27H25N3O8S/c1-4-5-13-38-19-11-9-16(10-12-19)22(31)20-21(17-7-6-8-18(14-17)30(35)36)29(25(33)23(20)32)27-28-15(2)24(39-27)26(34)37-3/h6-12,14,21,31H,4-5,13H2,1-3H3/t21-/m0/s1. The number of unbranched alkanes of at least 4 members (excludes halogenated alkanes) is 1. The Bertz CT molecular complexity index is 1480. The largest absolute Gasteiger partial charge is 0.507 e. The number of Topliss-reactive ketones (excluding diaryl/α,β-unsaturated/α-hetero) is 1. The topological polar surface area (TPSA) is 149 Å². The van der Waals surface area contributed by atoms with Crippen molar-refractivity contribution >= 4 is 45.6 Å². The van der Waals surface area contributed by atoms with E-state index in [0.717, 1.165) is 29.1 Å². The lowest BCUT2D eigenvalue weighted by Gasteiger charge is -2.22. The van der Waals surface area contributed by atoms with Crippen LogP contribution in [0.4, 0.5) is 10.8 Å². The van der Waals surface area contributed by atoms with Crippen LogP contribution in [-0.4, -0.2) is 46.4 Å². The molecule has 0 unspecified atom stereocenters. The Morgan fingerprint density at radius 2 is 1.92 bits per heavy atom. The number of anilines is 1. The van der Waals surface area contributed by atoms with Gasteiger partial charge in [-0.3, -0.25) is 24.6 Å². The summed E-state index contributed by atoms with van der Waals surface area (Å²) in [5.41, 5.74) is 0.193. The molecule has 0 bridgehead atoms. The van der Waals surface area contributed by atoms with Crippen LogP contribution in [0.15, 0.2) is 54.1 Å². The third kappa shape index (κ3) is 5.36. The van der Waals surface area contributed by atoms with Gasteiger partial charge in [-0.15, -0.1) is 0 Å². The molecule has 202 valence electrons. The minimum atomic E-state index is -1.25. The van der Waals surface area contributed by atoms with Crippen molar-refractivity contribution in [2.24, 2.45) is 0 Å². The molecule has 3 aromatic rings. The number of carbonyl (C=O) groups is 3. The number of nitro benzene ring substituents is 1. The molecule has 1 aromatic heterocycles. The number of nitro groups is 1. The Balaban J connectivity index is 1.86. The summed E-state index contributed by atoms with van der Waals surface area (Å²) in [5.74, 6) is -2.56. The second kappa shape index (κ2) is 11.4. The Morgan fingerprint density at radius 3 is 2.56 bits per heavy atom. The predicted octanol–water partition coefficient (Wildman–Crippen LogP) is 4.95. The van der Waals surface area contributed by atoms with Gasteiger partial charge < -0.3 is 14.6 Å². The maximum Gasteiger partial charge on any atom is 0.350 e. The maximum atomic E-state index is 13.3. The van der Waals surface area contributed by atoms with Gasteiger partial charge in [-0.25, -0.2) is 9.78 Å². The van der Waals surface area contributed by atoms with Gasteiger partial charge in [-0.2, -0.15) is 0 Å². The van der Waals surface area contributed by atoms with Crippen LogP contribution in [0.5, 0.6) is 5.75 Å². The van der Waals surface area contributed by atoms with Gasteiger partial charge in [-0.05, 0) is 43.2 Å². The molecule has 39 heavy (non-hydrogen) atoms. The average molecular weight is 552 g/mol. The van der Waals surface area contributed by atoms with Gasteiger partial charge in [0.2, 0.25) is 0 Å². The third-order valence-electron chi connectivity index (χ3n) is 6.10. The summed E-state index contributed by atoms with van der Waals surface area (Å²) in [5, 5.41) is 22.8. The van der Waals surface area contributed by atoms with Crippen molar-refractivity contribution < 1.29 is 33.9 Å². The second-order valence-electron chi connectivity index (χ2n) is 8.65. The number of ether oxygens (including phenoxy) is 2. The Morgan fingerprint density at radius 1 is 1.21 bits per heavy atom. The monoisotopic (exact) mass is 551 g/mol. The zero-order valence-electron chi connectivity index (χ0n) is 21.4. The van der Waals surface area contributed by atoms with Crippen molar-refractivity contribution in [2.75, 3.05) is 18.6 Å². The summed E-state index contributed by atoms with van der Waals surface area (Å²) in [4.78, 5) is 55.3. The lowest BCUT2D eigenvalue weighted by atomic mass is 9.95. The fraction of sp³-hybridized carbons (Fsp3) is 0.259.